The highest BCUT2D eigenvalue weighted by molar-refractivity contribution is 5.98. The van der Waals surface area contributed by atoms with Crippen LogP contribution in [0.5, 0.6) is 5.75 Å². The van der Waals surface area contributed by atoms with E-state index in [0.717, 1.165) is 35.5 Å². The van der Waals surface area contributed by atoms with Crippen LogP contribution in [0.25, 0.3) is 0 Å². The molecule has 2 bridgehead atoms. The zero-order valence-corrected chi connectivity index (χ0v) is 41.9. The number of unbranched alkanes of at least 4 members (excludes halogenated alkanes) is 5. The van der Waals surface area contributed by atoms with Crippen LogP contribution in [0, 0.1) is 11.8 Å². The molecule has 21 heteroatoms. The number of piperidine rings is 1. The van der Waals surface area contributed by atoms with E-state index in [1.807, 2.05) is 20.8 Å². The van der Waals surface area contributed by atoms with Crippen LogP contribution in [-0.2, 0) is 54.3 Å². The fourth-order valence-electron chi connectivity index (χ4n) is 8.54. The third-order valence-electron chi connectivity index (χ3n) is 12.7. The molecular formula is C49H78N8O13. The Hall–Kier alpha value is -5.83. The number of likely N-dealkylation sites (N-methyl/N-ethyl adjacent to an activating group) is 1. The fourth-order valence-corrected chi connectivity index (χ4v) is 8.54. The summed E-state index contributed by atoms with van der Waals surface area (Å²) in [4.78, 5) is 128. The maximum Gasteiger partial charge on any atom is 0.329 e. The van der Waals surface area contributed by atoms with Gasteiger partial charge >= 0.3 is 11.9 Å². The van der Waals surface area contributed by atoms with E-state index in [4.69, 9.17) is 10.5 Å². The molecule has 3 unspecified atom stereocenters. The van der Waals surface area contributed by atoms with Crippen LogP contribution in [0.1, 0.15) is 137 Å². The Morgan fingerprint density at radius 1 is 0.843 bits per heavy atom. The third kappa shape index (κ3) is 17.8. The average Bonchev–Trinajstić information content (AvgIpc) is 3.29. The number of aliphatic carboxylic acids is 1. The number of aliphatic hydroxyl groups excluding tert-OH is 1. The summed E-state index contributed by atoms with van der Waals surface area (Å²) in [5.74, 6) is -8.87. The molecule has 2 aliphatic rings. The lowest BCUT2D eigenvalue weighted by molar-refractivity contribution is -0.166. The van der Waals surface area contributed by atoms with Crippen molar-refractivity contribution in [2.45, 2.75) is 192 Å². The Labute approximate surface area is 411 Å². The van der Waals surface area contributed by atoms with Crippen molar-refractivity contribution in [3.05, 3.63) is 29.8 Å². The molecule has 2 fully saturated rings. The molecule has 21 nitrogen and oxygen atoms in total. The smallest absolute Gasteiger partial charge is 0.329 e. The molecule has 2 heterocycles. The quantitative estimate of drug-likeness (QED) is 0.0623. The van der Waals surface area contributed by atoms with Crippen molar-refractivity contribution in [3.63, 3.8) is 0 Å². The van der Waals surface area contributed by atoms with Gasteiger partial charge in [-0.25, -0.2) is 4.79 Å². The van der Waals surface area contributed by atoms with Gasteiger partial charge in [-0.15, -0.1) is 0 Å². The summed E-state index contributed by atoms with van der Waals surface area (Å²) in [7, 11) is 1.36. The number of esters is 1. The van der Waals surface area contributed by atoms with Crippen LogP contribution in [0.4, 0.5) is 0 Å². The van der Waals surface area contributed by atoms with Crippen molar-refractivity contribution in [1.82, 2.24) is 36.4 Å². The number of phenolic OH excluding ortho intramolecular Hbond substituents is 1. The lowest BCUT2D eigenvalue weighted by Crippen LogP contribution is -2.65. The molecule has 0 spiro atoms. The number of phenols is 1. The first-order valence-electron chi connectivity index (χ1n) is 24.8. The van der Waals surface area contributed by atoms with Crippen molar-refractivity contribution in [2.75, 3.05) is 13.6 Å². The van der Waals surface area contributed by atoms with Gasteiger partial charge < -0.3 is 62.2 Å². The molecule has 7 amide bonds. The van der Waals surface area contributed by atoms with E-state index in [0.29, 0.717) is 24.8 Å². The Morgan fingerprint density at radius 2 is 1.51 bits per heavy atom. The van der Waals surface area contributed by atoms with Gasteiger partial charge in [-0.05, 0) is 94.4 Å². The van der Waals surface area contributed by atoms with Gasteiger partial charge in [-0.3, -0.25) is 38.4 Å². The first-order chi connectivity index (χ1) is 33.1. The average molecular weight is 987 g/mol. The predicted octanol–water partition coefficient (Wildman–Crippen LogP) is 1.50. The molecule has 1 aromatic rings. The second kappa shape index (κ2) is 28.7. The normalized spacial score (nSPS) is 24.7. The minimum absolute atomic E-state index is 0.00443. The number of carbonyl (C=O) groups excluding carboxylic acids is 8. The summed E-state index contributed by atoms with van der Waals surface area (Å²) < 4.78 is 5.87. The molecule has 3 rings (SSSR count). The number of cyclic esters (lactones) is 1. The Kier molecular flexibility index (Phi) is 24.0. The van der Waals surface area contributed by atoms with Crippen LogP contribution in [0.15, 0.2) is 24.3 Å². The van der Waals surface area contributed by atoms with Crippen molar-refractivity contribution in [2.24, 2.45) is 17.6 Å². The number of rotatable bonds is 21. The minimum Gasteiger partial charge on any atom is -0.508 e. The summed E-state index contributed by atoms with van der Waals surface area (Å²) in [6.45, 7) is 10.5. The van der Waals surface area contributed by atoms with Crippen LogP contribution < -0.4 is 32.3 Å². The maximum absolute atomic E-state index is 14.8. The molecule has 0 radical (unpaired) electrons. The molecule has 9 atom stereocenters. The molecule has 2 aliphatic heterocycles. The van der Waals surface area contributed by atoms with Crippen molar-refractivity contribution in [3.8, 4) is 5.75 Å². The van der Waals surface area contributed by atoms with Crippen LogP contribution in [0.2, 0.25) is 0 Å². The lowest BCUT2D eigenvalue weighted by atomic mass is 9.94. The monoisotopic (exact) mass is 987 g/mol. The second-order valence-electron chi connectivity index (χ2n) is 19.3. The van der Waals surface area contributed by atoms with E-state index in [-0.39, 0.29) is 63.2 Å². The van der Waals surface area contributed by atoms with Crippen LogP contribution >= 0.6 is 0 Å². The maximum atomic E-state index is 14.8. The number of carbonyl (C=O) groups is 9. The van der Waals surface area contributed by atoms with Gasteiger partial charge in [0.05, 0.1) is 0 Å². The Morgan fingerprint density at radius 3 is 2.13 bits per heavy atom. The molecule has 10 N–H and O–H groups in total. The highest BCUT2D eigenvalue weighted by atomic mass is 16.5. The van der Waals surface area contributed by atoms with E-state index >= 15 is 0 Å². The highest BCUT2D eigenvalue weighted by Crippen LogP contribution is 2.27. The first-order valence-corrected chi connectivity index (χ1v) is 24.8. The van der Waals surface area contributed by atoms with E-state index in [1.54, 1.807) is 26.0 Å². The number of carboxylic acids is 1. The minimum atomic E-state index is -1.78. The van der Waals surface area contributed by atoms with Crippen molar-refractivity contribution >= 4 is 53.3 Å². The molecule has 0 aromatic heterocycles. The zero-order chi connectivity index (χ0) is 52.2. The molecule has 1 aromatic carbocycles. The Balaban J connectivity index is 2.19. The van der Waals surface area contributed by atoms with E-state index < -0.39 is 120 Å². The SMILES string of the molecule is CCCCCCCC(=O)N[C@@H](CCC(=O)O)C(=O)N[C@@H]1C(=O)N[C@@H](CCCCN)C(=O)NC2CCC(O)N(C2=O)[C@@H](CC(C)C)C(=O)N(C)C(Cc2ccc(O)cc2)C(=O)N[C@@H](C(C)C)C(=O)O[C@@H]1C. The predicted molar refractivity (Wildman–Crippen MR) is 257 cm³/mol. The van der Waals surface area contributed by atoms with Gasteiger partial charge in [-0.1, -0.05) is 72.4 Å². The molecule has 2 saturated heterocycles. The summed E-state index contributed by atoms with van der Waals surface area (Å²) in [5, 5.41) is 44.1. The summed E-state index contributed by atoms with van der Waals surface area (Å²) in [5.41, 5.74) is 6.28. The summed E-state index contributed by atoms with van der Waals surface area (Å²) in [6.07, 6.45) is 0.890. The topological polar surface area (TPSA) is 316 Å². The van der Waals surface area contributed by atoms with E-state index in [9.17, 15) is 58.5 Å². The molecule has 0 saturated carbocycles. The number of nitrogens with one attached hydrogen (secondary N) is 5. The number of amides is 7. The van der Waals surface area contributed by atoms with Gasteiger partial charge in [-0.2, -0.15) is 0 Å². The van der Waals surface area contributed by atoms with Crippen molar-refractivity contribution < 1.29 is 63.2 Å². The number of fused-ring (bicyclic) bond motifs is 2. The van der Waals surface area contributed by atoms with Gasteiger partial charge in [0.2, 0.25) is 41.4 Å². The standard InChI is InChI=1S/C49H78N8O13/c1-8-9-10-11-12-16-38(59)51-34(22-24-40(61)62)44(64)55-42-30(6)70-49(69)41(29(4)5)54-45(65)36(27-31-17-19-32(58)20-18-31)56(7)48(68)37(26-28(2)3)57-39(60)23-21-35(47(57)67)53-43(63)33(52-46(42)66)15-13-14-25-50/h17-20,28-30,33-37,39,41-42,58,60H,8-16,21-27,50H2,1-7H3,(H,51,59)(H,52,66)(H,53,63)(H,54,65)(H,55,64)(H,61,62)/t30-,33+,34+,35?,36?,37+,39?,41+,42+/m1/s1. The molecule has 70 heavy (non-hydrogen) atoms. The molecule has 0 aliphatic carbocycles. The largest absolute Gasteiger partial charge is 0.508 e. The lowest BCUT2D eigenvalue weighted by Gasteiger charge is -2.43. The van der Waals surface area contributed by atoms with Gasteiger partial charge in [0.25, 0.3) is 0 Å². The number of nitrogens with two attached hydrogens (primary N) is 1. The number of carboxylic acid groups (broad SMARTS) is 1. The highest BCUT2D eigenvalue weighted by Gasteiger charge is 2.46. The third-order valence-corrected chi connectivity index (χ3v) is 12.7. The zero-order valence-electron chi connectivity index (χ0n) is 41.9. The number of hydrogen-bond donors (Lipinski definition) is 9. The van der Waals surface area contributed by atoms with E-state index in [2.05, 4.69) is 26.6 Å². The number of nitrogens with zero attached hydrogens (tertiary/aromatic N) is 2. The van der Waals surface area contributed by atoms with Gasteiger partial charge in [0.1, 0.15) is 60.4 Å². The molecular weight excluding hydrogens is 909 g/mol. The fraction of sp³-hybridized carbons (Fsp3) is 0.694. The van der Waals surface area contributed by atoms with Gasteiger partial charge in [0, 0.05) is 26.3 Å². The number of aliphatic hydroxyl groups is 1. The van der Waals surface area contributed by atoms with Crippen molar-refractivity contribution in [1.29, 1.82) is 0 Å². The van der Waals surface area contributed by atoms with Gasteiger partial charge in [0.15, 0.2) is 0 Å². The Bertz CT molecular complexity index is 1950. The molecule has 392 valence electrons. The first kappa shape index (κ1) is 58.5. The number of benzene rings is 1. The number of aromatic hydroxyl groups is 1. The van der Waals surface area contributed by atoms with Crippen LogP contribution in [-0.4, -0.2) is 147 Å². The summed E-state index contributed by atoms with van der Waals surface area (Å²) in [6, 6.07) is -4.06. The van der Waals surface area contributed by atoms with Crippen LogP contribution in [0.3, 0.4) is 0 Å². The van der Waals surface area contributed by atoms with E-state index in [1.165, 1.54) is 26.1 Å². The second-order valence-corrected chi connectivity index (χ2v) is 19.3. The summed E-state index contributed by atoms with van der Waals surface area (Å²) >= 11 is 0. The number of ether oxygens (including phenoxy) is 1. The number of hydrogen-bond acceptors (Lipinski definition) is 13.